The van der Waals surface area contributed by atoms with E-state index in [1.54, 1.807) is 0 Å². The lowest BCUT2D eigenvalue weighted by atomic mass is 9.87. The normalized spacial score (nSPS) is 16.0. The lowest BCUT2D eigenvalue weighted by Gasteiger charge is -2.37. The number of nitrogens with zero attached hydrogens (tertiary/aromatic N) is 2. The van der Waals surface area contributed by atoms with Crippen LogP contribution in [0.5, 0.6) is 5.75 Å². The third-order valence-electron chi connectivity index (χ3n) is 5.15. The van der Waals surface area contributed by atoms with Crippen LogP contribution in [-0.2, 0) is 10.2 Å². The zero-order valence-electron chi connectivity index (χ0n) is 17.1. The van der Waals surface area contributed by atoms with Gasteiger partial charge in [0, 0.05) is 36.9 Å². The molecule has 0 radical (unpaired) electrons. The number of amides is 1. The molecule has 1 heterocycles. The summed E-state index contributed by atoms with van der Waals surface area (Å²) < 4.78 is 5.90. The van der Waals surface area contributed by atoms with Crippen molar-refractivity contribution >= 4 is 23.2 Å². The van der Waals surface area contributed by atoms with Gasteiger partial charge in [0.05, 0.1) is 0 Å². The highest BCUT2D eigenvalue weighted by atomic mass is 35.5. The zero-order chi connectivity index (χ0) is 20.3. The highest BCUT2D eigenvalue weighted by molar-refractivity contribution is 6.30. The largest absolute Gasteiger partial charge is 0.481 e. The summed E-state index contributed by atoms with van der Waals surface area (Å²) in [6, 6.07) is 15.9. The van der Waals surface area contributed by atoms with Crippen LogP contribution in [0.15, 0.2) is 48.5 Å². The first-order valence-electron chi connectivity index (χ1n) is 9.80. The summed E-state index contributed by atoms with van der Waals surface area (Å²) in [5, 5.41) is 0.732. The predicted molar refractivity (Wildman–Crippen MR) is 115 cm³/mol. The molecule has 1 aliphatic rings. The van der Waals surface area contributed by atoms with Crippen LogP contribution in [0.1, 0.15) is 33.3 Å². The second-order valence-electron chi connectivity index (χ2n) is 8.33. The van der Waals surface area contributed by atoms with Gasteiger partial charge in [-0.25, -0.2) is 0 Å². The third-order valence-corrected chi connectivity index (χ3v) is 5.38. The minimum Gasteiger partial charge on any atom is -0.481 e. The van der Waals surface area contributed by atoms with E-state index in [4.69, 9.17) is 16.3 Å². The number of hydrogen-bond donors (Lipinski definition) is 0. The van der Waals surface area contributed by atoms with Crippen molar-refractivity contribution in [3.8, 4) is 5.75 Å². The number of hydrogen-bond acceptors (Lipinski definition) is 3. The van der Waals surface area contributed by atoms with Gasteiger partial charge in [-0.05, 0) is 48.2 Å². The van der Waals surface area contributed by atoms with Crippen molar-refractivity contribution < 1.29 is 9.53 Å². The van der Waals surface area contributed by atoms with Crippen molar-refractivity contribution in [2.75, 3.05) is 31.1 Å². The van der Waals surface area contributed by atoms with Crippen LogP contribution in [0.3, 0.4) is 0 Å². The van der Waals surface area contributed by atoms with Gasteiger partial charge in [-0.15, -0.1) is 0 Å². The van der Waals surface area contributed by atoms with Gasteiger partial charge in [-0.1, -0.05) is 50.6 Å². The molecule has 5 heteroatoms. The van der Waals surface area contributed by atoms with E-state index in [9.17, 15) is 4.79 Å². The summed E-state index contributed by atoms with van der Waals surface area (Å²) in [5.74, 6) is 0.761. The third kappa shape index (κ3) is 4.99. The van der Waals surface area contributed by atoms with E-state index < -0.39 is 6.10 Å². The van der Waals surface area contributed by atoms with Gasteiger partial charge in [0.25, 0.3) is 5.91 Å². The van der Waals surface area contributed by atoms with Gasteiger partial charge >= 0.3 is 0 Å². The van der Waals surface area contributed by atoms with Crippen LogP contribution in [0.2, 0.25) is 5.02 Å². The summed E-state index contributed by atoms with van der Waals surface area (Å²) in [6.45, 7) is 11.3. The van der Waals surface area contributed by atoms with Crippen LogP contribution in [-0.4, -0.2) is 43.1 Å². The lowest BCUT2D eigenvalue weighted by Crippen LogP contribution is -2.52. The number of halogens is 1. The first-order chi connectivity index (χ1) is 13.2. The molecule has 1 fully saturated rings. The zero-order valence-corrected chi connectivity index (χ0v) is 17.9. The highest BCUT2D eigenvalue weighted by Gasteiger charge is 2.26. The van der Waals surface area contributed by atoms with Crippen LogP contribution < -0.4 is 9.64 Å². The Kier molecular flexibility index (Phi) is 6.19. The van der Waals surface area contributed by atoms with Crippen molar-refractivity contribution in [2.45, 2.75) is 39.2 Å². The van der Waals surface area contributed by atoms with Crippen LogP contribution in [0, 0.1) is 0 Å². The topological polar surface area (TPSA) is 32.8 Å². The van der Waals surface area contributed by atoms with E-state index in [1.807, 2.05) is 42.2 Å². The number of rotatable bonds is 4. The smallest absolute Gasteiger partial charge is 0.263 e. The minimum atomic E-state index is -0.502. The Morgan fingerprint density at radius 1 is 1.04 bits per heavy atom. The van der Waals surface area contributed by atoms with E-state index in [0.717, 1.165) is 29.5 Å². The molecule has 0 N–H and O–H groups in total. The average molecular weight is 401 g/mol. The number of carbonyl (C=O) groups excluding carboxylic acids is 1. The molecule has 1 saturated heterocycles. The molecule has 2 aromatic carbocycles. The number of anilines is 1. The van der Waals surface area contributed by atoms with Crippen molar-refractivity contribution in [2.24, 2.45) is 0 Å². The summed E-state index contributed by atoms with van der Waals surface area (Å²) in [6.07, 6.45) is -0.502. The maximum atomic E-state index is 12.8. The fraction of sp³-hybridized carbons (Fsp3) is 0.435. The molecule has 0 bridgehead atoms. The minimum absolute atomic E-state index is 0.0330. The molecule has 0 unspecified atom stereocenters. The van der Waals surface area contributed by atoms with Gasteiger partial charge in [0.1, 0.15) is 5.75 Å². The van der Waals surface area contributed by atoms with Crippen molar-refractivity contribution in [3.63, 3.8) is 0 Å². The molecule has 2 aromatic rings. The van der Waals surface area contributed by atoms with E-state index in [1.165, 1.54) is 5.56 Å². The molecule has 0 aliphatic carbocycles. The van der Waals surface area contributed by atoms with E-state index >= 15 is 0 Å². The molecule has 0 saturated carbocycles. The lowest BCUT2D eigenvalue weighted by molar-refractivity contribution is -0.138. The van der Waals surface area contributed by atoms with E-state index in [-0.39, 0.29) is 11.3 Å². The maximum Gasteiger partial charge on any atom is 0.263 e. The Bertz CT molecular complexity index is 806. The molecule has 4 nitrogen and oxygen atoms in total. The van der Waals surface area contributed by atoms with E-state index in [0.29, 0.717) is 13.1 Å². The second-order valence-corrected chi connectivity index (χ2v) is 8.76. The standard InChI is InChI=1S/C23H29ClN2O2/c1-17(28-21-10-8-18(9-11-21)23(2,3)4)22(27)26-14-12-25(13-15-26)20-7-5-6-19(24)16-20/h5-11,16-17H,12-15H2,1-4H3/t17-/m0/s1. The van der Waals surface area contributed by atoms with Gasteiger partial charge < -0.3 is 14.5 Å². The summed E-state index contributed by atoms with van der Waals surface area (Å²) in [7, 11) is 0. The Morgan fingerprint density at radius 3 is 2.25 bits per heavy atom. The number of piperazine rings is 1. The molecule has 1 amide bonds. The Labute approximate surface area is 173 Å². The van der Waals surface area contributed by atoms with Crippen molar-refractivity contribution in [1.82, 2.24) is 4.90 Å². The number of ether oxygens (including phenoxy) is 1. The number of benzene rings is 2. The monoisotopic (exact) mass is 400 g/mol. The SMILES string of the molecule is C[C@H](Oc1ccc(C(C)(C)C)cc1)C(=O)N1CCN(c2cccc(Cl)c2)CC1. The number of carbonyl (C=O) groups is 1. The molecular formula is C23H29ClN2O2. The first kappa shape index (κ1) is 20.5. The highest BCUT2D eigenvalue weighted by Crippen LogP contribution is 2.25. The predicted octanol–water partition coefficient (Wildman–Crippen LogP) is 4.75. The van der Waals surface area contributed by atoms with Crippen molar-refractivity contribution in [3.05, 3.63) is 59.1 Å². The van der Waals surface area contributed by atoms with Gasteiger partial charge in [0.2, 0.25) is 0 Å². The Balaban J connectivity index is 1.54. The van der Waals surface area contributed by atoms with Crippen LogP contribution >= 0.6 is 11.6 Å². The fourth-order valence-corrected chi connectivity index (χ4v) is 3.59. The summed E-state index contributed by atoms with van der Waals surface area (Å²) >= 11 is 6.09. The quantitative estimate of drug-likeness (QED) is 0.742. The summed E-state index contributed by atoms with van der Waals surface area (Å²) in [4.78, 5) is 16.9. The maximum absolute atomic E-state index is 12.8. The molecule has 1 atom stereocenters. The van der Waals surface area contributed by atoms with Gasteiger partial charge in [-0.3, -0.25) is 4.79 Å². The Hall–Kier alpha value is -2.20. The second kappa shape index (κ2) is 8.44. The van der Waals surface area contributed by atoms with Crippen LogP contribution in [0.25, 0.3) is 0 Å². The van der Waals surface area contributed by atoms with E-state index in [2.05, 4.69) is 43.9 Å². The van der Waals surface area contributed by atoms with Crippen LogP contribution in [0.4, 0.5) is 5.69 Å². The molecule has 28 heavy (non-hydrogen) atoms. The molecule has 150 valence electrons. The Morgan fingerprint density at radius 2 is 1.68 bits per heavy atom. The summed E-state index contributed by atoms with van der Waals surface area (Å²) in [5.41, 5.74) is 2.45. The molecule has 0 aromatic heterocycles. The molecule has 0 spiro atoms. The molecule has 1 aliphatic heterocycles. The van der Waals surface area contributed by atoms with Gasteiger partial charge in [0.15, 0.2) is 6.10 Å². The first-order valence-corrected chi connectivity index (χ1v) is 10.2. The molecular weight excluding hydrogens is 372 g/mol. The fourth-order valence-electron chi connectivity index (χ4n) is 3.40. The average Bonchev–Trinajstić information content (AvgIpc) is 2.67. The van der Waals surface area contributed by atoms with Crippen molar-refractivity contribution in [1.29, 1.82) is 0 Å². The molecule has 3 rings (SSSR count). The van der Waals surface area contributed by atoms with Gasteiger partial charge in [-0.2, -0.15) is 0 Å².